The molecule has 0 heterocycles. The predicted octanol–water partition coefficient (Wildman–Crippen LogP) is 3.25. The van der Waals surface area contributed by atoms with E-state index in [0.717, 1.165) is 0 Å². The van der Waals surface area contributed by atoms with Crippen molar-refractivity contribution in [2.24, 2.45) is 0 Å². The Morgan fingerprint density at radius 2 is 1.92 bits per heavy atom. The van der Waals surface area contributed by atoms with Crippen LogP contribution in [0.2, 0.25) is 0 Å². The Kier molecular flexibility index (Phi) is 6.51. The van der Waals surface area contributed by atoms with Crippen LogP contribution in [-0.2, 0) is 15.8 Å². The molecule has 0 aliphatic rings. The number of sulfonamides is 1. The second kappa shape index (κ2) is 8.41. The van der Waals surface area contributed by atoms with Gasteiger partial charge in [0.25, 0.3) is 5.69 Å². The molecule has 0 aliphatic carbocycles. The fourth-order valence-corrected chi connectivity index (χ4v) is 4.48. The van der Waals surface area contributed by atoms with E-state index in [4.69, 9.17) is 0 Å². The maximum Gasteiger partial charge on any atom is 0.273 e. The summed E-state index contributed by atoms with van der Waals surface area (Å²) in [6.45, 7) is 1.54. The molecule has 0 aromatic heterocycles. The number of benzene rings is 2. The van der Waals surface area contributed by atoms with E-state index in [1.165, 1.54) is 43.0 Å². The summed E-state index contributed by atoms with van der Waals surface area (Å²) in [7, 11) is -3.84. The molecule has 25 heavy (non-hydrogen) atoms. The monoisotopic (exact) mass is 384 g/mol. The number of nitro benzene ring substituents is 1. The Morgan fingerprint density at radius 3 is 2.60 bits per heavy atom. The second-order valence-corrected chi connectivity index (χ2v) is 8.04. The minimum Gasteiger partial charge on any atom is -0.258 e. The Labute approximate surface area is 149 Å². The molecule has 2 rings (SSSR count). The molecule has 2 aromatic rings. The van der Waals surface area contributed by atoms with Crippen LogP contribution in [0.4, 0.5) is 10.1 Å². The summed E-state index contributed by atoms with van der Waals surface area (Å²) in [5.74, 6) is 0.592. The minimum absolute atomic E-state index is 0.0963. The molecule has 0 saturated heterocycles. The highest BCUT2D eigenvalue weighted by atomic mass is 32.2. The van der Waals surface area contributed by atoms with Gasteiger partial charge in [-0.3, -0.25) is 10.1 Å². The molecular weight excluding hydrogens is 367 g/mol. The van der Waals surface area contributed by atoms with E-state index in [-0.39, 0.29) is 28.5 Å². The number of nitrogens with zero attached hydrogens (tertiary/aromatic N) is 1. The minimum atomic E-state index is -3.84. The van der Waals surface area contributed by atoms with Gasteiger partial charge in [-0.15, -0.1) is 0 Å². The number of rotatable bonds is 8. The fourth-order valence-electron chi connectivity index (χ4n) is 2.22. The molecule has 0 aliphatic heterocycles. The molecule has 0 spiro atoms. The molecule has 0 amide bonds. The van der Waals surface area contributed by atoms with Crippen molar-refractivity contribution < 1.29 is 17.7 Å². The lowest BCUT2D eigenvalue weighted by Crippen LogP contribution is -2.26. The smallest absolute Gasteiger partial charge is 0.258 e. The molecule has 0 radical (unpaired) electrons. The van der Waals surface area contributed by atoms with Gasteiger partial charge in [0.1, 0.15) is 5.82 Å². The molecule has 0 unspecified atom stereocenters. The highest BCUT2D eigenvalue weighted by Crippen LogP contribution is 2.24. The first-order valence-electron chi connectivity index (χ1n) is 7.38. The van der Waals surface area contributed by atoms with Crippen molar-refractivity contribution >= 4 is 27.5 Å². The van der Waals surface area contributed by atoms with Crippen molar-refractivity contribution in [2.75, 3.05) is 12.3 Å². The predicted molar refractivity (Wildman–Crippen MR) is 95.6 cm³/mol. The van der Waals surface area contributed by atoms with Crippen LogP contribution in [0.15, 0.2) is 47.4 Å². The van der Waals surface area contributed by atoms with E-state index in [9.17, 15) is 22.9 Å². The van der Waals surface area contributed by atoms with Crippen molar-refractivity contribution in [1.82, 2.24) is 4.72 Å². The van der Waals surface area contributed by atoms with E-state index >= 15 is 0 Å². The number of halogens is 1. The van der Waals surface area contributed by atoms with Gasteiger partial charge in [-0.1, -0.05) is 24.3 Å². The lowest BCUT2D eigenvalue weighted by atomic mass is 10.2. The summed E-state index contributed by atoms with van der Waals surface area (Å²) in [5.41, 5.74) is 0.417. The van der Waals surface area contributed by atoms with Crippen LogP contribution in [0.3, 0.4) is 0 Å². The van der Waals surface area contributed by atoms with Crippen molar-refractivity contribution in [3.63, 3.8) is 0 Å². The fraction of sp³-hybridized carbons (Fsp3) is 0.250. The van der Waals surface area contributed by atoms with Crippen LogP contribution < -0.4 is 4.72 Å². The van der Waals surface area contributed by atoms with Crippen LogP contribution in [0.25, 0.3) is 0 Å². The maximum atomic E-state index is 13.5. The Hall–Kier alpha value is -1.97. The highest BCUT2D eigenvalue weighted by molar-refractivity contribution is 7.98. The molecule has 2 aromatic carbocycles. The van der Waals surface area contributed by atoms with E-state index in [1.54, 1.807) is 18.2 Å². The van der Waals surface area contributed by atoms with Crippen molar-refractivity contribution in [1.29, 1.82) is 0 Å². The van der Waals surface area contributed by atoms with Gasteiger partial charge >= 0.3 is 0 Å². The van der Waals surface area contributed by atoms with E-state index in [1.807, 2.05) is 0 Å². The third kappa shape index (κ3) is 5.00. The second-order valence-electron chi connectivity index (χ2n) is 5.20. The average Bonchev–Trinajstić information content (AvgIpc) is 2.55. The van der Waals surface area contributed by atoms with E-state index < -0.39 is 14.9 Å². The molecule has 1 N–H and O–H groups in total. The standard InChI is InChI=1S/C16H17FN2O4S2/c1-12-15(19(20)21)7-4-8-16(12)25(22,23)18-9-10-24-11-13-5-2-3-6-14(13)17/h2-8,18H,9-11H2,1H3. The molecule has 6 nitrogen and oxygen atoms in total. The molecule has 0 saturated carbocycles. The first-order valence-corrected chi connectivity index (χ1v) is 10.0. The molecule has 134 valence electrons. The Morgan fingerprint density at radius 1 is 1.20 bits per heavy atom. The van der Waals surface area contributed by atoms with Crippen LogP contribution in [-0.4, -0.2) is 25.6 Å². The topological polar surface area (TPSA) is 89.3 Å². The number of thioether (sulfide) groups is 1. The lowest BCUT2D eigenvalue weighted by Gasteiger charge is -2.09. The summed E-state index contributed by atoms with van der Waals surface area (Å²) < 4.78 is 40.5. The summed E-state index contributed by atoms with van der Waals surface area (Å²) >= 11 is 1.39. The van der Waals surface area contributed by atoms with E-state index in [0.29, 0.717) is 17.1 Å². The van der Waals surface area contributed by atoms with Gasteiger partial charge in [-0.05, 0) is 24.6 Å². The summed E-state index contributed by atoms with van der Waals surface area (Å²) in [6.07, 6.45) is 0. The van der Waals surface area contributed by atoms with Crippen molar-refractivity contribution in [3.8, 4) is 0 Å². The van der Waals surface area contributed by atoms with Crippen LogP contribution in [0.5, 0.6) is 0 Å². The first-order chi connectivity index (χ1) is 11.8. The van der Waals surface area contributed by atoms with Gasteiger partial charge in [0, 0.05) is 29.7 Å². The van der Waals surface area contributed by atoms with Crippen molar-refractivity contribution in [3.05, 3.63) is 69.5 Å². The zero-order valence-electron chi connectivity index (χ0n) is 13.4. The van der Waals surface area contributed by atoms with Gasteiger partial charge in [-0.25, -0.2) is 17.5 Å². The molecule has 0 bridgehead atoms. The van der Waals surface area contributed by atoms with Gasteiger partial charge in [0.2, 0.25) is 10.0 Å². The zero-order chi connectivity index (χ0) is 18.4. The normalized spacial score (nSPS) is 11.4. The average molecular weight is 384 g/mol. The highest BCUT2D eigenvalue weighted by Gasteiger charge is 2.22. The largest absolute Gasteiger partial charge is 0.273 e. The third-order valence-electron chi connectivity index (χ3n) is 3.50. The van der Waals surface area contributed by atoms with Gasteiger partial charge in [0.05, 0.1) is 9.82 Å². The van der Waals surface area contributed by atoms with Crippen LogP contribution >= 0.6 is 11.8 Å². The van der Waals surface area contributed by atoms with E-state index in [2.05, 4.69) is 4.72 Å². The van der Waals surface area contributed by atoms with Gasteiger partial charge in [-0.2, -0.15) is 11.8 Å². The van der Waals surface area contributed by atoms with Gasteiger partial charge < -0.3 is 0 Å². The van der Waals surface area contributed by atoms with Gasteiger partial charge in [0.15, 0.2) is 0 Å². The molecule has 0 atom stereocenters. The number of hydrogen-bond donors (Lipinski definition) is 1. The van der Waals surface area contributed by atoms with Crippen molar-refractivity contribution in [2.45, 2.75) is 17.6 Å². The molecule has 9 heteroatoms. The number of hydrogen-bond acceptors (Lipinski definition) is 5. The summed E-state index contributed by atoms with van der Waals surface area (Å²) in [4.78, 5) is 10.2. The first kappa shape index (κ1) is 19.4. The summed E-state index contributed by atoms with van der Waals surface area (Å²) in [5, 5.41) is 10.9. The Balaban J connectivity index is 1.93. The number of nitro groups is 1. The number of nitrogens with one attached hydrogen (secondary N) is 1. The quantitative estimate of drug-likeness (QED) is 0.429. The molecular formula is C16H17FN2O4S2. The molecule has 0 fully saturated rings. The zero-order valence-corrected chi connectivity index (χ0v) is 15.1. The SMILES string of the molecule is Cc1c([N+](=O)[O-])cccc1S(=O)(=O)NCCSCc1ccccc1F. The Bertz CT molecular complexity index is 872. The third-order valence-corrected chi connectivity index (χ3v) is 6.11. The van der Waals surface area contributed by atoms with Crippen LogP contribution in [0.1, 0.15) is 11.1 Å². The summed E-state index contributed by atoms with van der Waals surface area (Å²) in [6, 6.07) is 10.3. The lowest BCUT2D eigenvalue weighted by molar-refractivity contribution is -0.385. The van der Waals surface area contributed by atoms with Crippen LogP contribution in [0, 0.1) is 22.9 Å². The maximum absolute atomic E-state index is 13.5.